The van der Waals surface area contributed by atoms with Crippen LogP contribution in [0.25, 0.3) is 10.8 Å². The second kappa shape index (κ2) is 7.47. The molecule has 24 heavy (non-hydrogen) atoms. The third kappa shape index (κ3) is 3.63. The van der Waals surface area contributed by atoms with Gasteiger partial charge in [-0.2, -0.15) is 0 Å². The molecule has 0 bridgehead atoms. The van der Waals surface area contributed by atoms with Crippen molar-refractivity contribution in [3.8, 4) is 5.75 Å². The van der Waals surface area contributed by atoms with Crippen LogP contribution in [0.15, 0.2) is 79.4 Å². The molecule has 3 aromatic carbocycles. The number of anilines is 1. The van der Waals surface area contributed by atoms with Crippen LogP contribution in [0, 0.1) is 0 Å². The Morgan fingerprint density at radius 1 is 1.00 bits per heavy atom. The monoisotopic (exact) mass is 317 g/mol. The molecule has 0 aromatic heterocycles. The molecule has 0 aliphatic rings. The maximum Gasteiger partial charge on any atom is 0.228 e. The van der Waals surface area contributed by atoms with Gasteiger partial charge in [0, 0.05) is 0 Å². The van der Waals surface area contributed by atoms with Crippen LogP contribution in [0.3, 0.4) is 0 Å². The van der Waals surface area contributed by atoms with Crippen molar-refractivity contribution in [2.75, 3.05) is 11.9 Å². The van der Waals surface area contributed by atoms with Crippen LogP contribution in [0.5, 0.6) is 5.75 Å². The van der Waals surface area contributed by atoms with Gasteiger partial charge in [-0.25, -0.2) is 0 Å². The summed E-state index contributed by atoms with van der Waals surface area (Å²) in [5.74, 6) is 0.574. The molecule has 0 atom stereocenters. The first-order valence-corrected chi connectivity index (χ1v) is 7.87. The molecule has 1 N–H and O–H groups in total. The maximum atomic E-state index is 12.5. The minimum absolute atomic E-state index is 0.0685. The van der Waals surface area contributed by atoms with Gasteiger partial charge in [-0.3, -0.25) is 4.79 Å². The van der Waals surface area contributed by atoms with E-state index in [2.05, 4.69) is 24.0 Å². The Hall–Kier alpha value is -3.07. The fourth-order valence-corrected chi connectivity index (χ4v) is 2.66. The molecule has 3 nitrogen and oxygen atoms in total. The second-order valence-corrected chi connectivity index (χ2v) is 5.46. The molecule has 0 radical (unpaired) electrons. The first-order chi connectivity index (χ1) is 11.8. The van der Waals surface area contributed by atoms with E-state index in [1.165, 1.54) is 0 Å². The van der Waals surface area contributed by atoms with Gasteiger partial charge in [0.1, 0.15) is 12.4 Å². The summed E-state index contributed by atoms with van der Waals surface area (Å²) in [5.41, 5.74) is 1.68. The van der Waals surface area contributed by atoms with E-state index in [4.69, 9.17) is 4.74 Å². The van der Waals surface area contributed by atoms with E-state index < -0.39 is 0 Å². The number of carbonyl (C=O) groups is 1. The zero-order valence-electron chi connectivity index (χ0n) is 13.4. The number of rotatable bonds is 6. The molecular formula is C21H19NO2. The first-order valence-electron chi connectivity index (χ1n) is 7.87. The third-order valence-corrected chi connectivity index (χ3v) is 3.75. The highest BCUT2D eigenvalue weighted by molar-refractivity contribution is 5.97. The topological polar surface area (TPSA) is 38.3 Å². The molecule has 0 heterocycles. The van der Waals surface area contributed by atoms with Crippen LogP contribution in [-0.2, 0) is 11.2 Å². The standard InChI is InChI=1S/C21H19NO2/c1-2-14-24-20-13-6-5-12-19(20)22-21(23)15-17-10-7-9-16-8-3-4-11-18(16)17/h2-13H,1,14-15H2,(H,22,23). The van der Waals surface area contributed by atoms with Gasteiger partial charge >= 0.3 is 0 Å². The molecule has 0 saturated heterocycles. The van der Waals surface area contributed by atoms with Gasteiger partial charge in [0.25, 0.3) is 0 Å². The van der Waals surface area contributed by atoms with E-state index in [1.54, 1.807) is 6.08 Å². The van der Waals surface area contributed by atoms with Crippen molar-refractivity contribution in [2.24, 2.45) is 0 Å². The van der Waals surface area contributed by atoms with Crippen LogP contribution < -0.4 is 10.1 Å². The van der Waals surface area contributed by atoms with Gasteiger partial charge in [-0.05, 0) is 28.5 Å². The molecule has 3 aromatic rings. The lowest BCUT2D eigenvalue weighted by Gasteiger charge is -2.12. The lowest BCUT2D eigenvalue weighted by molar-refractivity contribution is -0.115. The van der Waals surface area contributed by atoms with Crippen LogP contribution in [0.4, 0.5) is 5.69 Å². The smallest absolute Gasteiger partial charge is 0.228 e. The summed E-state index contributed by atoms with van der Waals surface area (Å²) < 4.78 is 5.57. The number of amides is 1. The van der Waals surface area contributed by atoms with E-state index in [1.807, 2.05) is 54.6 Å². The first kappa shape index (κ1) is 15.8. The van der Waals surface area contributed by atoms with Gasteiger partial charge in [0.15, 0.2) is 0 Å². The van der Waals surface area contributed by atoms with E-state index in [-0.39, 0.29) is 5.91 Å². The third-order valence-electron chi connectivity index (χ3n) is 3.75. The molecule has 0 aliphatic heterocycles. The number of hydrogen-bond acceptors (Lipinski definition) is 2. The number of nitrogens with one attached hydrogen (secondary N) is 1. The van der Waals surface area contributed by atoms with E-state index >= 15 is 0 Å². The molecule has 0 fully saturated rings. The normalized spacial score (nSPS) is 10.3. The van der Waals surface area contributed by atoms with Crippen LogP contribution in [0.1, 0.15) is 5.56 Å². The van der Waals surface area contributed by atoms with Gasteiger partial charge in [-0.15, -0.1) is 0 Å². The lowest BCUT2D eigenvalue weighted by Crippen LogP contribution is -2.15. The molecule has 120 valence electrons. The second-order valence-electron chi connectivity index (χ2n) is 5.46. The highest BCUT2D eigenvalue weighted by Gasteiger charge is 2.10. The minimum atomic E-state index is -0.0685. The van der Waals surface area contributed by atoms with Crippen LogP contribution >= 0.6 is 0 Å². The Morgan fingerprint density at radius 2 is 1.75 bits per heavy atom. The molecule has 3 heteroatoms. The SMILES string of the molecule is C=CCOc1ccccc1NC(=O)Cc1cccc2ccccc12. The highest BCUT2D eigenvalue weighted by atomic mass is 16.5. The fraction of sp³-hybridized carbons (Fsp3) is 0.0952. The summed E-state index contributed by atoms with van der Waals surface area (Å²) in [6.07, 6.45) is 1.99. The molecule has 0 spiro atoms. The Morgan fingerprint density at radius 3 is 2.62 bits per heavy atom. The van der Waals surface area contributed by atoms with Crippen molar-refractivity contribution < 1.29 is 9.53 Å². The van der Waals surface area contributed by atoms with Crippen molar-refractivity contribution in [3.05, 3.63) is 84.9 Å². The van der Waals surface area contributed by atoms with Crippen LogP contribution in [0.2, 0.25) is 0 Å². The predicted molar refractivity (Wildman–Crippen MR) is 98.4 cm³/mol. The number of hydrogen-bond donors (Lipinski definition) is 1. The summed E-state index contributed by atoms with van der Waals surface area (Å²) >= 11 is 0. The molecule has 1 amide bonds. The van der Waals surface area contributed by atoms with E-state index in [9.17, 15) is 4.79 Å². The van der Waals surface area contributed by atoms with Gasteiger partial charge < -0.3 is 10.1 Å². The van der Waals surface area contributed by atoms with E-state index in [0.29, 0.717) is 24.5 Å². The summed E-state index contributed by atoms with van der Waals surface area (Å²) in [5, 5.41) is 5.17. The molecule has 0 unspecified atom stereocenters. The quantitative estimate of drug-likeness (QED) is 0.676. The van der Waals surface area contributed by atoms with Crippen LogP contribution in [-0.4, -0.2) is 12.5 Å². The number of carbonyl (C=O) groups excluding carboxylic acids is 1. The summed E-state index contributed by atoms with van der Waals surface area (Å²) in [7, 11) is 0. The van der Waals surface area contributed by atoms with Crippen molar-refractivity contribution in [1.82, 2.24) is 0 Å². The Balaban J connectivity index is 1.77. The number of para-hydroxylation sites is 2. The summed E-state index contributed by atoms with van der Waals surface area (Å²) in [4.78, 5) is 12.5. The van der Waals surface area contributed by atoms with Crippen molar-refractivity contribution >= 4 is 22.4 Å². The molecule has 3 rings (SSSR count). The van der Waals surface area contributed by atoms with Crippen molar-refractivity contribution in [1.29, 1.82) is 0 Å². The van der Waals surface area contributed by atoms with Gasteiger partial charge in [0.2, 0.25) is 5.91 Å². The average molecular weight is 317 g/mol. The summed E-state index contributed by atoms with van der Waals surface area (Å²) in [6, 6.07) is 21.5. The molecule has 0 aliphatic carbocycles. The Kier molecular flexibility index (Phi) is 4.92. The number of ether oxygens (including phenoxy) is 1. The predicted octanol–water partition coefficient (Wildman–Crippen LogP) is 4.59. The largest absolute Gasteiger partial charge is 0.487 e. The van der Waals surface area contributed by atoms with Crippen molar-refractivity contribution in [2.45, 2.75) is 6.42 Å². The van der Waals surface area contributed by atoms with Crippen molar-refractivity contribution in [3.63, 3.8) is 0 Å². The highest BCUT2D eigenvalue weighted by Crippen LogP contribution is 2.24. The zero-order valence-corrected chi connectivity index (χ0v) is 13.4. The lowest BCUT2D eigenvalue weighted by atomic mass is 10.0. The number of benzene rings is 3. The van der Waals surface area contributed by atoms with Gasteiger partial charge in [0.05, 0.1) is 12.1 Å². The maximum absolute atomic E-state index is 12.5. The number of fused-ring (bicyclic) bond motifs is 1. The molecular weight excluding hydrogens is 298 g/mol. The van der Waals surface area contributed by atoms with E-state index in [0.717, 1.165) is 16.3 Å². The van der Waals surface area contributed by atoms with Gasteiger partial charge in [-0.1, -0.05) is 67.3 Å². The summed E-state index contributed by atoms with van der Waals surface area (Å²) in [6.45, 7) is 4.04. The fourth-order valence-electron chi connectivity index (χ4n) is 2.66. The molecule has 0 saturated carbocycles. The average Bonchev–Trinajstić information content (AvgIpc) is 2.61. The Bertz CT molecular complexity index is 865. The zero-order chi connectivity index (χ0) is 16.8. The Labute approximate surface area is 141 Å². The minimum Gasteiger partial charge on any atom is -0.487 e.